The van der Waals surface area contributed by atoms with Crippen LogP contribution in [0.5, 0.6) is 0 Å². The number of nitrogens with zero attached hydrogens (tertiary/aromatic N) is 2. The Hall–Kier alpha value is -4.37. The Morgan fingerprint density at radius 1 is 1.04 bits per heavy atom. The maximum Gasteiger partial charge on any atom is 0.415 e. The predicted molar refractivity (Wildman–Crippen MR) is 172 cm³/mol. The number of sulfonamides is 1. The Kier molecular flexibility index (Phi) is 10.5. The lowest BCUT2D eigenvalue weighted by molar-refractivity contribution is -0.129. The average Bonchev–Trinajstić information content (AvgIpc) is 3.45. The van der Waals surface area contributed by atoms with Crippen LogP contribution in [-0.4, -0.2) is 72.6 Å². The number of carbonyl (C=O) groups excluding carboxylic acids is 2. The lowest BCUT2D eigenvalue weighted by Gasteiger charge is -2.31. The molecule has 14 heteroatoms. The highest BCUT2D eigenvalue weighted by molar-refractivity contribution is 7.89. The van der Waals surface area contributed by atoms with E-state index in [9.17, 15) is 36.3 Å². The number of rotatable bonds is 12. The van der Waals surface area contributed by atoms with Gasteiger partial charge in [-0.2, -0.15) is 4.31 Å². The monoisotopic (exact) mass is 685 g/mol. The summed E-state index contributed by atoms with van der Waals surface area (Å²) in [5.41, 5.74) is 1.57. The highest BCUT2D eigenvalue weighted by Gasteiger charge is 2.39. The van der Waals surface area contributed by atoms with E-state index in [1.807, 2.05) is 0 Å². The molecule has 1 fully saturated rings. The fourth-order valence-corrected chi connectivity index (χ4v) is 6.91. The Morgan fingerprint density at radius 2 is 1.70 bits per heavy atom. The first-order valence-electron chi connectivity index (χ1n) is 14.5. The summed E-state index contributed by atoms with van der Waals surface area (Å²) in [4.78, 5) is 26.6. The zero-order chi connectivity index (χ0) is 33.7. The fourth-order valence-electron chi connectivity index (χ4n) is 5.18. The average molecular weight is 686 g/mol. The molecular weight excluding hydrogens is 656 g/mol. The number of benzene rings is 3. The van der Waals surface area contributed by atoms with Gasteiger partial charge in [-0.25, -0.2) is 26.4 Å². The molecule has 1 aliphatic carbocycles. The van der Waals surface area contributed by atoms with Crippen LogP contribution in [0.4, 0.5) is 23.7 Å². The highest BCUT2D eigenvalue weighted by Crippen LogP contribution is 2.26. The number of thiocarbonyl (C=S) groups is 1. The number of allylic oxidation sites excluding steroid dienone is 3. The van der Waals surface area contributed by atoms with Crippen molar-refractivity contribution < 1.29 is 41.0 Å². The molecule has 3 atom stereocenters. The number of halogens is 3. The molecule has 3 aromatic rings. The molecule has 0 spiro atoms. The van der Waals surface area contributed by atoms with Crippen LogP contribution in [0.2, 0.25) is 0 Å². The summed E-state index contributed by atoms with van der Waals surface area (Å²) in [5.74, 6) is -5.41. The SMILES string of the molecule is O=C(N[C@@H](Cc1ccccc1)[C@H](O)CN(CC1=CC=CCC1=S)S(=O)(=O)c1cc(F)c(F)cc1F)[C@@H]1CN(c2ccccc2)C(=O)O1. The first-order chi connectivity index (χ1) is 22.4. The summed E-state index contributed by atoms with van der Waals surface area (Å²) >= 11 is 5.38. The molecular formula is C33H30F3N3O6S2. The standard InChI is InChI=1S/C33H30F3N3O6S2/c34-24-16-26(36)31(17-25(24)35)47(43,44)38(18-22-11-7-8-14-30(22)46)19-28(40)27(15-21-9-3-1-4-10-21)37-32(41)29-20-39(33(42)45-29)23-12-5-2-6-13-23/h1-13,16-17,27-29,40H,14-15,18-20H2,(H,37,41)/t27-,28+,29-/m0/s1. The second kappa shape index (κ2) is 14.6. The van der Waals surface area contributed by atoms with Crippen LogP contribution < -0.4 is 10.2 Å². The van der Waals surface area contributed by atoms with Crippen molar-refractivity contribution in [3.05, 3.63) is 120 Å². The van der Waals surface area contributed by atoms with Gasteiger partial charge in [0.05, 0.1) is 18.7 Å². The molecule has 9 nitrogen and oxygen atoms in total. The van der Waals surface area contributed by atoms with Crippen LogP contribution in [-0.2, 0) is 26.0 Å². The van der Waals surface area contributed by atoms with Crippen molar-refractivity contribution >= 4 is 44.8 Å². The molecule has 0 radical (unpaired) electrons. The fraction of sp³-hybridized carbons (Fsp3) is 0.242. The lowest BCUT2D eigenvalue weighted by atomic mass is 10.00. The number of ether oxygens (including phenoxy) is 1. The number of para-hydroxylation sites is 1. The number of hydrogen-bond donors (Lipinski definition) is 2. The highest BCUT2D eigenvalue weighted by atomic mass is 32.2. The zero-order valence-electron chi connectivity index (χ0n) is 24.8. The summed E-state index contributed by atoms with van der Waals surface area (Å²) in [6, 6.07) is 16.5. The topological polar surface area (TPSA) is 116 Å². The van der Waals surface area contributed by atoms with Crippen molar-refractivity contribution in [2.45, 2.75) is 36.0 Å². The summed E-state index contributed by atoms with van der Waals surface area (Å²) < 4.78 is 76.3. The first kappa shape index (κ1) is 34.0. The Balaban J connectivity index is 1.43. The van der Waals surface area contributed by atoms with Crippen molar-refractivity contribution in [3.8, 4) is 0 Å². The predicted octanol–water partition coefficient (Wildman–Crippen LogP) is 4.46. The van der Waals surface area contributed by atoms with E-state index in [-0.39, 0.29) is 25.1 Å². The number of carbonyl (C=O) groups is 2. The number of aliphatic hydroxyl groups is 1. The second-order valence-corrected chi connectivity index (χ2v) is 13.3. The van der Waals surface area contributed by atoms with Crippen LogP contribution >= 0.6 is 12.2 Å². The third-order valence-electron chi connectivity index (χ3n) is 7.69. The minimum absolute atomic E-state index is 0.0219. The van der Waals surface area contributed by atoms with Gasteiger partial charge in [0.2, 0.25) is 10.0 Å². The quantitative estimate of drug-likeness (QED) is 0.214. The molecule has 5 rings (SSSR count). The van der Waals surface area contributed by atoms with Crippen molar-refractivity contribution in [3.63, 3.8) is 0 Å². The minimum atomic E-state index is -4.91. The lowest BCUT2D eigenvalue weighted by Crippen LogP contribution is -2.53. The molecule has 246 valence electrons. The van der Waals surface area contributed by atoms with E-state index in [4.69, 9.17) is 17.0 Å². The van der Waals surface area contributed by atoms with Gasteiger partial charge in [-0.05, 0) is 35.8 Å². The summed E-state index contributed by atoms with van der Waals surface area (Å²) in [5, 5.41) is 14.2. The normalized spacial score (nSPS) is 17.8. The molecule has 0 unspecified atom stereocenters. The van der Waals surface area contributed by atoms with Gasteiger partial charge >= 0.3 is 6.09 Å². The van der Waals surface area contributed by atoms with Gasteiger partial charge in [0, 0.05) is 36.1 Å². The van der Waals surface area contributed by atoms with Crippen LogP contribution in [0.3, 0.4) is 0 Å². The van der Waals surface area contributed by atoms with E-state index < -0.39 is 75.7 Å². The van der Waals surface area contributed by atoms with Gasteiger partial charge in [0.25, 0.3) is 5.91 Å². The maximum absolute atomic E-state index is 14.8. The zero-order valence-corrected chi connectivity index (χ0v) is 26.4. The molecule has 2 aliphatic rings. The molecule has 1 heterocycles. The van der Waals surface area contributed by atoms with Crippen molar-refractivity contribution in [1.82, 2.24) is 9.62 Å². The first-order valence-corrected chi connectivity index (χ1v) is 16.4. The summed E-state index contributed by atoms with van der Waals surface area (Å²) in [7, 11) is -4.91. The Bertz CT molecular complexity index is 1820. The number of amides is 2. The van der Waals surface area contributed by atoms with Crippen molar-refractivity contribution in [2.75, 3.05) is 24.5 Å². The van der Waals surface area contributed by atoms with E-state index >= 15 is 0 Å². The smallest absolute Gasteiger partial charge is 0.415 e. The van der Waals surface area contributed by atoms with E-state index in [1.165, 1.54) is 4.90 Å². The number of nitrogens with one attached hydrogen (secondary N) is 1. The van der Waals surface area contributed by atoms with Gasteiger partial charge in [-0.1, -0.05) is 79.0 Å². The Morgan fingerprint density at radius 3 is 2.38 bits per heavy atom. The number of anilines is 1. The van der Waals surface area contributed by atoms with Gasteiger partial charge in [-0.15, -0.1) is 0 Å². The molecule has 3 aromatic carbocycles. The van der Waals surface area contributed by atoms with Gasteiger partial charge in [0.1, 0.15) is 10.7 Å². The number of hydrogen-bond acceptors (Lipinski definition) is 7. The molecule has 2 amide bonds. The molecule has 0 bridgehead atoms. The molecule has 1 aliphatic heterocycles. The maximum atomic E-state index is 14.8. The summed E-state index contributed by atoms with van der Waals surface area (Å²) in [6.07, 6.45) is 1.72. The minimum Gasteiger partial charge on any atom is -0.434 e. The van der Waals surface area contributed by atoms with Gasteiger partial charge < -0.3 is 15.2 Å². The van der Waals surface area contributed by atoms with Crippen LogP contribution in [0.15, 0.2) is 101 Å². The van der Waals surface area contributed by atoms with E-state index in [2.05, 4.69) is 5.32 Å². The van der Waals surface area contributed by atoms with E-state index in [0.717, 1.165) is 0 Å². The largest absolute Gasteiger partial charge is 0.434 e. The third-order valence-corrected chi connectivity index (χ3v) is 9.94. The van der Waals surface area contributed by atoms with E-state index in [1.54, 1.807) is 78.9 Å². The number of cyclic esters (lactones) is 1. The van der Waals surface area contributed by atoms with E-state index in [0.29, 0.717) is 32.4 Å². The third kappa shape index (κ3) is 7.96. The van der Waals surface area contributed by atoms with Gasteiger partial charge in [0.15, 0.2) is 17.7 Å². The molecule has 0 aromatic heterocycles. The molecule has 0 saturated carbocycles. The van der Waals surface area contributed by atoms with Crippen molar-refractivity contribution in [1.29, 1.82) is 0 Å². The molecule has 47 heavy (non-hydrogen) atoms. The number of aliphatic hydroxyl groups excluding tert-OH is 1. The Labute approximate surface area is 275 Å². The van der Waals surface area contributed by atoms with Crippen molar-refractivity contribution in [2.24, 2.45) is 0 Å². The van der Waals surface area contributed by atoms with Gasteiger partial charge in [-0.3, -0.25) is 9.69 Å². The van der Waals surface area contributed by atoms with Crippen LogP contribution in [0.1, 0.15) is 12.0 Å². The summed E-state index contributed by atoms with van der Waals surface area (Å²) in [6.45, 7) is -1.25. The molecule has 1 saturated heterocycles. The second-order valence-electron chi connectivity index (χ2n) is 10.9. The van der Waals surface area contributed by atoms with Crippen LogP contribution in [0.25, 0.3) is 0 Å². The molecule has 2 N–H and O–H groups in total. The van der Waals surface area contributed by atoms with Crippen LogP contribution in [0, 0.1) is 17.5 Å².